The molecule has 1 aromatic carbocycles. The number of methoxy groups -OCH3 is 1. The van der Waals surface area contributed by atoms with Gasteiger partial charge in [0.15, 0.2) is 5.17 Å². The van der Waals surface area contributed by atoms with Gasteiger partial charge in [0.05, 0.1) is 18.5 Å². The van der Waals surface area contributed by atoms with Gasteiger partial charge in [0, 0.05) is 17.3 Å². The second-order valence-corrected chi connectivity index (χ2v) is 7.41. The highest BCUT2D eigenvalue weighted by molar-refractivity contribution is 8.13. The number of benzene rings is 1. The van der Waals surface area contributed by atoms with Crippen LogP contribution in [0.4, 0.5) is 10.5 Å². The van der Waals surface area contributed by atoms with Gasteiger partial charge in [-0.1, -0.05) is 48.2 Å². The molecule has 1 aliphatic heterocycles. The molecule has 0 saturated heterocycles. The van der Waals surface area contributed by atoms with Crippen molar-refractivity contribution < 1.29 is 9.53 Å². The maximum atomic E-state index is 13.2. The van der Waals surface area contributed by atoms with Crippen LogP contribution in [0.25, 0.3) is 0 Å². The molecule has 2 amide bonds. The van der Waals surface area contributed by atoms with Crippen molar-refractivity contribution in [2.75, 3.05) is 24.7 Å². The number of urea groups is 1. The number of aliphatic imine (C=N–C) groups is 1. The number of hydrogen-bond acceptors (Lipinski definition) is 4. The molecule has 0 atom stereocenters. The van der Waals surface area contributed by atoms with Gasteiger partial charge in [0.1, 0.15) is 5.75 Å². The van der Waals surface area contributed by atoms with E-state index in [1.807, 2.05) is 19.1 Å². The van der Waals surface area contributed by atoms with Crippen molar-refractivity contribution >= 4 is 40.2 Å². The Labute approximate surface area is 169 Å². The van der Waals surface area contributed by atoms with E-state index in [1.54, 1.807) is 55.0 Å². The van der Waals surface area contributed by atoms with E-state index in [1.165, 1.54) is 0 Å². The average molecular weight is 406 g/mol. The number of rotatable bonds is 5. The Balaban J connectivity index is 2.47. The van der Waals surface area contributed by atoms with Crippen molar-refractivity contribution in [1.82, 2.24) is 4.90 Å². The van der Waals surface area contributed by atoms with Crippen molar-refractivity contribution in [2.45, 2.75) is 20.3 Å². The number of carbonyl (C=O) groups excluding carboxylic acids is 1. The van der Waals surface area contributed by atoms with Crippen LogP contribution in [0.15, 0.2) is 64.3 Å². The minimum absolute atomic E-state index is 0.335. The number of amides is 2. The standard InChI is InChI=1S/C20H24ClN3O2S/c1-5-9-17(14(2)15(3)21)24(20-22-12-8-13-27-20)19(25)23-16-10-6-7-11-18(16)26-4/h5-7,9-11H,1,8,12-13H2,2-4H3,(H,23,25). The van der Waals surface area contributed by atoms with Crippen molar-refractivity contribution in [1.29, 1.82) is 0 Å². The number of anilines is 1. The van der Waals surface area contributed by atoms with Crippen LogP contribution in [-0.4, -0.2) is 35.5 Å². The van der Waals surface area contributed by atoms with Crippen LogP contribution < -0.4 is 10.1 Å². The van der Waals surface area contributed by atoms with Gasteiger partial charge in [-0.3, -0.25) is 4.99 Å². The highest BCUT2D eigenvalue weighted by Crippen LogP contribution is 2.29. The normalized spacial score (nSPS) is 15.4. The molecule has 7 heteroatoms. The summed E-state index contributed by atoms with van der Waals surface area (Å²) in [5.41, 5.74) is 2.00. The number of para-hydroxylation sites is 2. The largest absolute Gasteiger partial charge is 0.495 e. The van der Waals surface area contributed by atoms with E-state index < -0.39 is 0 Å². The third-order valence-electron chi connectivity index (χ3n) is 3.94. The van der Waals surface area contributed by atoms with Crippen LogP contribution in [0.5, 0.6) is 5.75 Å². The average Bonchev–Trinajstić information content (AvgIpc) is 2.68. The lowest BCUT2D eigenvalue weighted by Gasteiger charge is -2.29. The molecule has 0 bridgehead atoms. The molecule has 0 radical (unpaired) electrons. The fourth-order valence-corrected chi connectivity index (χ4v) is 3.50. The van der Waals surface area contributed by atoms with Crippen molar-refractivity contribution in [3.63, 3.8) is 0 Å². The molecule has 0 spiro atoms. The molecule has 5 nitrogen and oxygen atoms in total. The number of carbonyl (C=O) groups is 1. The number of nitrogens with zero attached hydrogens (tertiary/aromatic N) is 2. The van der Waals surface area contributed by atoms with Gasteiger partial charge >= 0.3 is 6.03 Å². The van der Waals surface area contributed by atoms with Crippen molar-refractivity contribution in [3.05, 3.63) is 59.3 Å². The van der Waals surface area contributed by atoms with Crippen LogP contribution in [0.2, 0.25) is 0 Å². The van der Waals surface area contributed by atoms with Crippen LogP contribution in [-0.2, 0) is 0 Å². The number of nitrogens with one attached hydrogen (secondary N) is 1. The molecule has 2 rings (SSSR count). The van der Waals surface area contributed by atoms with E-state index in [-0.39, 0.29) is 6.03 Å². The summed E-state index contributed by atoms with van der Waals surface area (Å²) in [4.78, 5) is 19.4. The molecule has 1 aliphatic rings. The fourth-order valence-electron chi connectivity index (χ4n) is 2.46. The summed E-state index contributed by atoms with van der Waals surface area (Å²) in [7, 11) is 1.57. The highest BCUT2D eigenvalue weighted by Gasteiger charge is 2.27. The summed E-state index contributed by atoms with van der Waals surface area (Å²) in [5, 5.41) is 4.15. The van der Waals surface area contributed by atoms with Gasteiger partial charge in [-0.05, 0) is 44.1 Å². The first kappa shape index (κ1) is 21.1. The fraction of sp³-hybridized carbons (Fsp3) is 0.300. The lowest BCUT2D eigenvalue weighted by Crippen LogP contribution is -2.39. The number of ether oxygens (including phenoxy) is 1. The van der Waals surface area contributed by atoms with Crippen molar-refractivity contribution in [3.8, 4) is 5.75 Å². The topological polar surface area (TPSA) is 53.9 Å². The first-order valence-corrected chi connectivity index (χ1v) is 9.93. The van der Waals surface area contributed by atoms with E-state index in [4.69, 9.17) is 16.3 Å². The Bertz CT molecular complexity index is 798. The third-order valence-corrected chi connectivity index (χ3v) is 5.29. The molecule has 0 unspecified atom stereocenters. The highest BCUT2D eigenvalue weighted by atomic mass is 35.5. The first-order chi connectivity index (χ1) is 13.0. The van der Waals surface area contributed by atoms with Gasteiger partial charge < -0.3 is 10.1 Å². The molecule has 27 heavy (non-hydrogen) atoms. The van der Waals surface area contributed by atoms with Crippen molar-refractivity contribution in [2.24, 2.45) is 4.99 Å². The zero-order valence-electron chi connectivity index (χ0n) is 15.8. The molecule has 1 heterocycles. The van der Waals surface area contributed by atoms with E-state index in [0.717, 1.165) is 17.7 Å². The maximum Gasteiger partial charge on any atom is 0.332 e. The maximum absolute atomic E-state index is 13.2. The molecular formula is C20H24ClN3O2S. The Morgan fingerprint density at radius 1 is 1.41 bits per heavy atom. The van der Waals surface area contributed by atoms with E-state index in [0.29, 0.717) is 33.9 Å². The second-order valence-electron chi connectivity index (χ2n) is 5.78. The first-order valence-electron chi connectivity index (χ1n) is 8.57. The molecule has 0 aromatic heterocycles. The minimum Gasteiger partial charge on any atom is -0.495 e. The predicted molar refractivity (Wildman–Crippen MR) is 116 cm³/mol. The second kappa shape index (κ2) is 10.2. The van der Waals surface area contributed by atoms with Crippen LogP contribution in [0.3, 0.4) is 0 Å². The summed E-state index contributed by atoms with van der Waals surface area (Å²) in [6.07, 6.45) is 4.39. The van der Waals surface area contributed by atoms with Gasteiger partial charge in [0.2, 0.25) is 0 Å². The number of halogens is 1. The summed E-state index contributed by atoms with van der Waals surface area (Å²) in [6, 6.07) is 6.93. The smallest absolute Gasteiger partial charge is 0.332 e. The molecule has 0 fully saturated rings. The Morgan fingerprint density at radius 3 is 2.74 bits per heavy atom. The van der Waals surface area contributed by atoms with Gasteiger partial charge in [0.25, 0.3) is 0 Å². The number of hydrogen-bond donors (Lipinski definition) is 1. The predicted octanol–water partition coefficient (Wildman–Crippen LogP) is 5.62. The van der Waals surface area contributed by atoms with Crippen LogP contribution >= 0.6 is 23.4 Å². The summed E-state index contributed by atoms with van der Waals surface area (Å²) >= 11 is 7.78. The molecule has 1 aromatic rings. The summed E-state index contributed by atoms with van der Waals surface area (Å²) < 4.78 is 5.34. The number of amidine groups is 1. The van der Waals surface area contributed by atoms with Gasteiger partial charge in [-0.15, -0.1) is 0 Å². The molecule has 0 aliphatic carbocycles. The SMILES string of the molecule is C=CC=C(C(C)=C(C)Cl)N(C(=O)Nc1ccccc1OC)C1=NCCCS1. The molecular weight excluding hydrogens is 382 g/mol. The van der Waals surface area contributed by atoms with Gasteiger partial charge in [-0.25, -0.2) is 9.69 Å². The summed E-state index contributed by atoms with van der Waals surface area (Å²) in [6.45, 7) is 8.12. The lowest BCUT2D eigenvalue weighted by molar-refractivity contribution is 0.241. The van der Waals surface area contributed by atoms with Crippen LogP contribution in [0.1, 0.15) is 20.3 Å². The molecule has 144 valence electrons. The monoisotopic (exact) mass is 405 g/mol. The quantitative estimate of drug-likeness (QED) is 0.646. The lowest BCUT2D eigenvalue weighted by atomic mass is 10.1. The van der Waals surface area contributed by atoms with E-state index in [2.05, 4.69) is 16.9 Å². The third kappa shape index (κ3) is 5.40. The zero-order chi connectivity index (χ0) is 19.8. The Hall–Kier alpha value is -2.18. The number of allylic oxidation sites excluding steroid dienone is 4. The number of thioether (sulfide) groups is 1. The van der Waals surface area contributed by atoms with Crippen LogP contribution in [0, 0.1) is 0 Å². The summed E-state index contributed by atoms with van der Waals surface area (Å²) in [5.74, 6) is 1.49. The zero-order valence-corrected chi connectivity index (χ0v) is 17.4. The molecule has 0 saturated carbocycles. The van der Waals surface area contributed by atoms with E-state index in [9.17, 15) is 4.79 Å². The Kier molecular flexibility index (Phi) is 8.00. The minimum atomic E-state index is -0.335. The molecule has 1 N–H and O–H groups in total. The van der Waals surface area contributed by atoms with E-state index >= 15 is 0 Å². The van der Waals surface area contributed by atoms with Gasteiger partial charge in [-0.2, -0.15) is 0 Å². The Morgan fingerprint density at radius 2 is 2.15 bits per heavy atom.